The first-order valence-electron chi connectivity index (χ1n) is 27.8. The van der Waals surface area contributed by atoms with Gasteiger partial charge in [0.05, 0.1) is 16.5 Å². The quantitative estimate of drug-likeness (QED) is 0.115. The van der Waals surface area contributed by atoms with Crippen molar-refractivity contribution in [2.24, 2.45) is 0 Å². The minimum Gasteiger partial charge on any atom is -0.398 e. The Balaban J connectivity index is 1.01. The van der Waals surface area contributed by atoms with Crippen molar-refractivity contribution >= 4 is 55.1 Å². The topological polar surface area (TPSA) is 29.3 Å². The van der Waals surface area contributed by atoms with Gasteiger partial charge < -0.3 is 10.6 Å². The smallest absolute Gasteiger partial charge is 0.0713 e. The summed E-state index contributed by atoms with van der Waals surface area (Å²) in [6, 6.07) is 113. The van der Waals surface area contributed by atoms with Crippen LogP contribution in [0.4, 0.5) is 22.7 Å². The minimum atomic E-state index is -0.554. The lowest BCUT2D eigenvalue weighted by Crippen LogP contribution is -2.28. The summed E-state index contributed by atoms with van der Waals surface area (Å²) in [5.74, 6) is 0. The van der Waals surface area contributed by atoms with E-state index in [9.17, 15) is 0 Å². The molecule has 374 valence electrons. The second-order valence-electron chi connectivity index (χ2n) is 21.6. The third kappa shape index (κ3) is 6.42. The molecular weight excluding hydrogens is 965 g/mol. The van der Waals surface area contributed by atoms with Crippen LogP contribution in [0.3, 0.4) is 0 Å². The molecule has 2 nitrogen and oxygen atoms in total. The summed E-state index contributed by atoms with van der Waals surface area (Å²) in [6.45, 7) is 0. The monoisotopic (exact) mass is 1020 g/mol. The fraction of sp³-hybridized carbons (Fsp3) is 0.0256. The SMILES string of the molecule is Nc1ccc2ccc3c(N(c4ccc(C5(c6ccccc6)c6ccccc6-c6ccccc65)cc4)c4ccc(C5(c6ccccc6)c6ccccc6-c6ccccc65)cc4)c(-c4ccccc4)c(-c4ccccc4)c4ccc1c2c43. The molecule has 14 aromatic rings. The highest BCUT2D eigenvalue weighted by Gasteiger charge is 2.47. The van der Waals surface area contributed by atoms with Gasteiger partial charge in [-0.15, -0.1) is 0 Å². The van der Waals surface area contributed by atoms with Gasteiger partial charge in [-0.2, -0.15) is 0 Å². The van der Waals surface area contributed by atoms with E-state index < -0.39 is 10.8 Å². The maximum Gasteiger partial charge on any atom is 0.0713 e. The second-order valence-corrected chi connectivity index (χ2v) is 21.6. The molecule has 14 aromatic carbocycles. The van der Waals surface area contributed by atoms with E-state index in [0.29, 0.717) is 0 Å². The lowest BCUT2D eigenvalue weighted by atomic mass is 9.67. The van der Waals surface area contributed by atoms with Gasteiger partial charge in [-0.1, -0.05) is 273 Å². The summed E-state index contributed by atoms with van der Waals surface area (Å²) < 4.78 is 0. The van der Waals surface area contributed by atoms with E-state index in [0.717, 1.165) is 55.6 Å². The molecule has 0 fully saturated rings. The Kier molecular flexibility index (Phi) is 10.3. The van der Waals surface area contributed by atoms with Gasteiger partial charge in [0.15, 0.2) is 0 Å². The number of rotatable bonds is 9. The number of hydrogen-bond donors (Lipinski definition) is 1. The first-order chi connectivity index (χ1) is 39.6. The Morgan fingerprint density at radius 3 is 1.06 bits per heavy atom. The van der Waals surface area contributed by atoms with Crippen molar-refractivity contribution in [3.8, 4) is 44.5 Å². The molecule has 0 radical (unpaired) electrons. The Hall–Kier alpha value is -10.3. The van der Waals surface area contributed by atoms with Crippen LogP contribution in [-0.4, -0.2) is 0 Å². The van der Waals surface area contributed by atoms with Crippen molar-refractivity contribution < 1.29 is 0 Å². The third-order valence-corrected chi connectivity index (χ3v) is 17.7. The highest BCUT2D eigenvalue weighted by atomic mass is 15.1. The lowest BCUT2D eigenvalue weighted by Gasteiger charge is -2.36. The van der Waals surface area contributed by atoms with Crippen molar-refractivity contribution in [3.63, 3.8) is 0 Å². The normalized spacial score (nSPS) is 13.5. The molecule has 2 heteroatoms. The average molecular weight is 1020 g/mol. The van der Waals surface area contributed by atoms with E-state index in [1.807, 2.05) is 0 Å². The standard InChI is InChI=1S/C78H52N2/c79-71-50-38-53-37-47-66-75-65(49-48-64(71)72(53)75)73(51-21-5-1-6-22-51)74(52-23-7-2-8-24-52)76(66)80(58-43-39-56(40-44-58)77(54-25-9-3-10-26-54)67-33-17-13-29-60(67)61-30-14-18-34-68(61)77)59-45-41-57(42-46-59)78(55-27-11-4-12-28-55)69-35-19-15-31-62(69)63-32-16-20-36-70(63)78/h1-50H,79H2. The molecule has 0 amide bonds. The van der Waals surface area contributed by atoms with Crippen LogP contribution in [0.2, 0.25) is 0 Å². The summed E-state index contributed by atoms with van der Waals surface area (Å²) in [7, 11) is 0. The average Bonchev–Trinajstić information content (AvgIpc) is 4.11. The van der Waals surface area contributed by atoms with E-state index in [2.05, 4.69) is 308 Å². The van der Waals surface area contributed by atoms with Gasteiger partial charge in [0.25, 0.3) is 0 Å². The number of benzene rings is 14. The number of nitrogen functional groups attached to an aromatic ring is 1. The van der Waals surface area contributed by atoms with Crippen molar-refractivity contribution in [3.05, 3.63) is 348 Å². The molecule has 0 bridgehead atoms. The molecule has 2 aliphatic rings. The zero-order chi connectivity index (χ0) is 52.9. The van der Waals surface area contributed by atoms with Crippen LogP contribution in [-0.2, 0) is 10.8 Å². The van der Waals surface area contributed by atoms with Crippen LogP contribution in [0.5, 0.6) is 0 Å². The Labute approximate surface area is 466 Å². The van der Waals surface area contributed by atoms with Gasteiger partial charge >= 0.3 is 0 Å². The fourth-order valence-electron chi connectivity index (χ4n) is 14.5. The maximum atomic E-state index is 6.96. The molecule has 2 N–H and O–H groups in total. The molecule has 0 atom stereocenters. The van der Waals surface area contributed by atoms with E-state index >= 15 is 0 Å². The van der Waals surface area contributed by atoms with E-state index in [1.54, 1.807) is 0 Å². The molecule has 0 saturated carbocycles. The summed E-state index contributed by atoms with van der Waals surface area (Å²) >= 11 is 0. The predicted molar refractivity (Wildman–Crippen MR) is 335 cm³/mol. The van der Waals surface area contributed by atoms with Crippen LogP contribution >= 0.6 is 0 Å². The molecule has 0 unspecified atom stereocenters. The second kappa shape index (κ2) is 17.9. The zero-order valence-corrected chi connectivity index (χ0v) is 43.9. The molecule has 80 heavy (non-hydrogen) atoms. The highest BCUT2D eigenvalue weighted by Crippen LogP contribution is 2.60. The van der Waals surface area contributed by atoms with E-state index in [4.69, 9.17) is 5.73 Å². The minimum absolute atomic E-state index is 0.554. The first kappa shape index (κ1) is 45.9. The Morgan fingerprint density at radius 1 is 0.263 bits per heavy atom. The predicted octanol–water partition coefficient (Wildman–Crippen LogP) is 19.7. The van der Waals surface area contributed by atoms with Gasteiger partial charge in [0, 0.05) is 38.8 Å². The zero-order valence-electron chi connectivity index (χ0n) is 43.9. The van der Waals surface area contributed by atoms with Gasteiger partial charge in [-0.3, -0.25) is 0 Å². The van der Waals surface area contributed by atoms with Crippen LogP contribution in [0.25, 0.3) is 76.8 Å². The number of nitrogens with two attached hydrogens (primary N) is 1. The van der Waals surface area contributed by atoms with Crippen molar-refractivity contribution in [2.45, 2.75) is 10.8 Å². The Bertz CT molecular complexity index is 4410. The number of anilines is 4. The van der Waals surface area contributed by atoms with Crippen LogP contribution in [0.1, 0.15) is 44.5 Å². The van der Waals surface area contributed by atoms with Crippen molar-refractivity contribution in [1.29, 1.82) is 0 Å². The summed E-state index contributed by atoms with van der Waals surface area (Å²) in [4.78, 5) is 2.55. The molecular formula is C78H52N2. The van der Waals surface area contributed by atoms with Crippen LogP contribution < -0.4 is 10.6 Å². The van der Waals surface area contributed by atoms with Crippen LogP contribution in [0, 0.1) is 0 Å². The van der Waals surface area contributed by atoms with E-state index in [1.165, 1.54) is 88.5 Å². The lowest BCUT2D eigenvalue weighted by molar-refractivity contribution is 0.768. The first-order valence-corrected chi connectivity index (χ1v) is 27.8. The van der Waals surface area contributed by atoms with Crippen molar-refractivity contribution in [1.82, 2.24) is 0 Å². The Morgan fingerprint density at radius 2 is 0.613 bits per heavy atom. The summed E-state index contributed by atoms with van der Waals surface area (Å²) in [6.07, 6.45) is 0. The molecule has 0 saturated heterocycles. The number of fused-ring (bicyclic) bond motifs is 6. The van der Waals surface area contributed by atoms with Crippen LogP contribution in [0.15, 0.2) is 303 Å². The number of hydrogen-bond acceptors (Lipinski definition) is 2. The molecule has 0 aliphatic heterocycles. The fourth-order valence-corrected chi connectivity index (χ4v) is 14.5. The molecule has 0 aromatic heterocycles. The van der Waals surface area contributed by atoms with Gasteiger partial charge in [0.2, 0.25) is 0 Å². The maximum absolute atomic E-state index is 6.96. The number of nitrogens with zero attached hydrogens (tertiary/aromatic N) is 1. The molecule has 16 rings (SSSR count). The van der Waals surface area contributed by atoms with Gasteiger partial charge in [-0.05, 0) is 130 Å². The highest BCUT2D eigenvalue weighted by molar-refractivity contribution is 6.32. The van der Waals surface area contributed by atoms with Gasteiger partial charge in [-0.25, -0.2) is 0 Å². The molecule has 0 spiro atoms. The molecule has 0 heterocycles. The summed E-state index contributed by atoms with van der Waals surface area (Å²) in [5.41, 5.74) is 29.6. The van der Waals surface area contributed by atoms with E-state index in [-0.39, 0.29) is 0 Å². The molecule has 2 aliphatic carbocycles. The summed E-state index contributed by atoms with van der Waals surface area (Å²) in [5, 5.41) is 6.93. The van der Waals surface area contributed by atoms with Gasteiger partial charge in [0.1, 0.15) is 0 Å². The third-order valence-electron chi connectivity index (χ3n) is 17.7. The van der Waals surface area contributed by atoms with Crippen molar-refractivity contribution in [2.75, 3.05) is 10.6 Å². The largest absolute Gasteiger partial charge is 0.398 e.